The second-order valence-corrected chi connectivity index (χ2v) is 7.47. The van der Waals surface area contributed by atoms with Crippen molar-refractivity contribution in [1.29, 1.82) is 0 Å². The van der Waals surface area contributed by atoms with Crippen molar-refractivity contribution < 1.29 is 0 Å². The molecule has 106 valence electrons. The topological polar surface area (TPSA) is 12.0 Å². The van der Waals surface area contributed by atoms with Crippen LogP contribution in [0.5, 0.6) is 0 Å². The normalized spacial score (nSPS) is 31.3. The minimum atomic E-state index is 0.651. The van der Waals surface area contributed by atoms with Crippen molar-refractivity contribution in [2.24, 2.45) is 17.3 Å². The summed E-state index contributed by atoms with van der Waals surface area (Å²) < 4.78 is 0. The third-order valence-electron chi connectivity index (χ3n) is 5.39. The van der Waals surface area contributed by atoms with Gasteiger partial charge in [-0.05, 0) is 55.8 Å². The highest BCUT2D eigenvalue weighted by Gasteiger charge is 2.35. The molecule has 2 atom stereocenters. The second kappa shape index (κ2) is 6.41. The maximum absolute atomic E-state index is 3.93. The third kappa shape index (κ3) is 3.73. The zero-order chi connectivity index (χ0) is 13.0. The van der Waals surface area contributed by atoms with Crippen LogP contribution < -0.4 is 5.32 Å². The van der Waals surface area contributed by atoms with Crippen molar-refractivity contribution in [2.45, 2.75) is 84.6 Å². The van der Waals surface area contributed by atoms with Crippen LogP contribution in [0.3, 0.4) is 0 Å². The standard InChI is InChI=1S/C17H33N/c1-4-15-7-8-16(11-15)18-13-17(12-14(2)3)9-5-6-10-17/h14-16,18H,4-13H2,1-3H3. The van der Waals surface area contributed by atoms with Gasteiger partial charge < -0.3 is 5.32 Å². The van der Waals surface area contributed by atoms with Crippen LogP contribution in [0.4, 0.5) is 0 Å². The summed E-state index contributed by atoms with van der Waals surface area (Å²) in [5.74, 6) is 1.86. The lowest BCUT2D eigenvalue weighted by Crippen LogP contribution is -2.38. The van der Waals surface area contributed by atoms with Gasteiger partial charge in [0, 0.05) is 12.6 Å². The minimum absolute atomic E-state index is 0.651. The molecule has 1 N–H and O–H groups in total. The van der Waals surface area contributed by atoms with E-state index >= 15 is 0 Å². The zero-order valence-electron chi connectivity index (χ0n) is 12.8. The summed E-state index contributed by atoms with van der Waals surface area (Å²) in [6, 6.07) is 0.833. The van der Waals surface area contributed by atoms with Gasteiger partial charge in [0.2, 0.25) is 0 Å². The predicted molar refractivity (Wildman–Crippen MR) is 79.8 cm³/mol. The monoisotopic (exact) mass is 251 g/mol. The number of hydrogen-bond donors (Lipinski definition) is 1. The van der Waals surface area contributed by atoms with E-state index in [0.29, 0.717) is 5.41 Å². The van der Waals surface area contributed by atoms with E-state index in [0.717, 1.165) is 17.9 Å². The molecule has 0 aliphatic heterocycles. The molecule has 2 fully saturated rings. The van der Waals surface area contributed by atoms with E-state index in [1.807, 2.05) is 0 Å². The highest BCUT2D eigenvalue weighted by Crippen LogP contribution is 2.43. The lowest BCUT2D eigenvalue weighted by Gasteiger charge is -2.32. The molecular weight excluding hydrogens is 218 g/mol. The fourth-order valence-electron chi connectivity index (χ4n) is 4.44. The van der Waals surface area contributed by atoms with Crippen LogP contribution in [0, 0.1) is 17.3 Å². The van der Waals surface area contributed by atoms with Crippen LogP contribution in [0.2, 0.25) is 0 Å². The molecule has 2 aliphatic carbocycles. The van der Waals surface area contributed by atoms with Crippen molar-refractivity contribution in [1.82, 2.24) is 5.32 Å². The fourth-order valence-corrected chi connectivity index (χ4v) is 4.44. The molecule has 2 rings (SSSR count). The van der Waals surface area contributed by atoms with Crippen LogP contribution in [-0.4, -0.2) is 12.6 Å². The maximum Gasteiger partial charge on any atom is 0.00700 e. The molecule has 0 heterocycles. The average molecular weight is 251 g/mol. The van der Waals surface area contributed by atoms with Crippen molar-refractivity contribution in [3.8, 4) is 0 Å². The first-order valence-electron chi connectivity index (χ1n) is 8.37. The van der Waals surface area contributed by atoms with E-state index < -0.39 is 0 Å². The van der Waals surface area contributed by atoms with Crippen molar-refractivity contribution in [3.63, 3.8) is 0 Å². The van der Waals surface area contributed by atoms with Gasteiger partial charge >= 0.3 is 0 Å². The van der Waals surface area contributed by atoms with Crippen LogP contribution >= 0.6 is 0 Å². The van der Waals surface area contributed by atoms with Gasteiger partial charge in [0.15, 0.2) is 0 Å². The summed E-state index contributed by atoms with van der Waals surface area (Å²) in [6.45, 7) is 8.43. The Morgan fingerprint density at radius 3 is 2.44 bits per heavy atom. The van der Waals surface area contributed by atoms with E-state index in [-0.39, 0.29) is 0 Å². The summed E-state index contributed by atoms with van der Waals surface area (Å²) in [7, 11) is 0. The molecule has 0 aromatic carbocycles. The first-order chi connectivity index (χ1) is 8.63. The largest absolute Gasteiger partial charge is 0.313 e. The van der Waals surface area contributed by atoms with Gasteiger partial charge in [-0.2, -0.15) is 0 Å². The molecule has 0 aromatic rings. The van der Waals surface area contributed by atoms with Gasteiger partial charge in [-0.15, -0.1) is 0 Å². The van der Waals surface area contributed by atoms with Gasteiger partial charge in [0.1, 0.15) is 0 Å². The molecule has 2 aliphatic rings. The summed E-state index contributed by atoms with van der Waals surface area (Å²) in [5.41, 5.74) is 0.651. The second-order valence-electron chi connectivity index (χ2n) is 7.47. The summed E-state index contributed by atoms with van der Waals surface area (Å²) >= 11 is 0. The Kier molecular flexibility index (Phi) is 5.12. The molecule has 2 unspecified atom stereocenters. The van der Waals surface area contributed by atoms with Gasteiger partial charge in [-0.3, -0.25) is 0 Å². The lowest BCUT2D eigenvalue weighted by atomic mass is 9.78. The van der Waals surface area contributed by atoms with Crippen LogP contribution in [0.25, 0.3) is 0 Å². The first-order valence-corrected chi connectivity index (χ1v) is 8.37. The molecule has 18 heavy (non-hydrogen) atoms. The molecule has 0 aromatic heterocycles. The van der Waals surface area contributed by atoms with Gasteiger partial charge in [0.25, 0.3) is 0 Å². The van der Waals surface area contributed by atoms with Gasteiger partial charge in [-0.1, -0.05) is 40.0 Å². The maximum atomic E-state index is 3.93. The highest BCUT2D eigenvalue weighted by atomic mass is 14.9. The summed E-state index contributed by atoms with van der Waals surface area (Å²) in [6.07, 6.45) is 13.0. The van der Waals surface area contributed by atoms with E-state index in [9.17, 15) is 0 Å². The average Bonchev–Trinajstić information content (AvgIpc) is 2.95. The molecule has 2 saturated carbocycles. The Morgan fingerprint density at radius 2 is 1.89 bits per heavy atom. The lowest BCUT2D eigenvalue weighted by molar-refractivity contribution is 0.214. The fraction of sp³-hybridized carbons (Fsp3) is 1.00. The Balaban J connectivity index is 1.79. The van der Waals surface area contributed by atoms with Crippen molar-refractivity contribution in [2.75, 3.05) is 6.54 Å². The van der Waals surface area contributed by atoms with Crippen LogP contribution in [0.15, 0.2) is 0 Å². The molecule has 0 radical (unpaired) electrons. The van der Waals surface area contributed by atoms with Gasteiger partial charge in [0.05, 0.1) is 0 Å². The third-order valence-corrected chi connectivity index (χ3v) is 5.39. The quantitative estimate of drug-likeness (QED) is 0.717. The Hall–Kier alpha value is -0.0400. The molecule has 0 bridgehead atoms. The predicted octanol–water partition coefficient (Wildman–Crippen LogP) is 4.76. The van der Waals surface area contributed by atoms with E-state index in [4.69, 9.17) is 0 Å². The smallest absolute Gasteiger partial charge is 0.00700 e. The van der Waals surface area contributed by atoms with E-state index in [2.05, 4.69) is 26.1 Å². The van der Waals surface area contributed by atoms with E-state index in [1.54, 1.807) is 0 Å². The number of hydrogen-bond acceptors (Lipinski definition) is 1. The Bertz CT molecular complexity index is 240. The molecule has 1 heteroatoms. The highest BCUT2D eigenvalue weighted by molar-refractivity contribution is 4.90. The Morgan fingerprint density at radius 1 is 1.17 bits per heavy atom. The van der Waals surface area contributed by atoms with Gasteiger partial charge in [-0.25, -0.2) is 0 Å². The van der Waals surface area contributed by atoms with Crippen molar-refractivity contribution >= 4 is 0 Å². The summed E-state index contributed by atoms with van der Waals surface area (Å²) in [5, 5.41) is 3.93. The van der Waals surface area contributed by atoms with Crippen LogP contribution in [0.1, 0.15) is 78.6 Å². The zero-order valence-corrected chi connectivity index (χ0v) is 12.8. The van der Waals surface area contributed by atoms with Crippen molar-refractivity contribution in [3.05, 3.63) is 0 Å². The first kappa shape index (κ1) is 14.4. The number of nitrogens with one attached hydrogen (secondary N) is 1. The molecule has 1 nitrogen and oxygen atoms in total. The molecule has 0 saturated heterocycles. The molecular formula is C17H33N. The van der Waals surface area contributed by atoms with Crippen LogP contribution in [-0.2, 0) is 0 Å². The Labute approximate surface area is 114 Å². The molecule has 0 spiro atoms. The summed E-state index contributed by atoms with van der Waals surface area (Å²) in [4.78, 5) is 0. The number of rotatable bonds is 6. The minimum Gasteiger partial charge on any atom is -0.313 e. The SMILES string of the molecule is CCC1CCC(NCC2(CC(C)C)CCCC2)C1. The van der Waals surface area contributed by atoms with E-state index in [1.165, 1.54) is 64.3 Å². The molecule has 0 amide bonds.